The molecule has 5 heterocycles. The fraction of sp³-hybridized carbons (Fsp3) is 0.649. The van der Waals surface area contributed by atoms with E-state index in [1.54, 1.807) is 23.2 Å². The minimum absolute atomic E-state index is 0.00518. The van der Waals surface area contributed by atoms with Crippen molar-refractivity contribution in [3.05, 3.63) is 53.7 Å². The van der Waals surface area contributed by atoms with Crippen LogP contribution in [0.1, 0.15) is 70.3 Å². The Kier molecular flexibility index (Phi) is 10.1. The van der Waals surface area contributed by atoms with Crippen LogP contribution in [0.2, 0.25) is 0 Å². The van der Waals surface area contributed by atoms with E-state index in [1.165, 1.54) is 12.1 Å². The summed E-state index contributed by atoms with van der Waals surface area (Å²) in [7, 11) is 0. The lowest BCUT2D eigenvalue weighted by Gasteiger charge is -2.43. The SMILES string of the molecule is CC1(C)CCC(N(C(=O)[C@@H]2CCCO2)[C@H]2C[C@@H](C(=O)N3CCNCC3)N(C(=O)[C@@H]3CN(c4cccnn4)C[C@H]3c3ccc(F)cc3F)C2)CC1. The summed E-state index contributed by atoms with van der Waals surface area (Å²) in [5.74, 6) is -2.65. The maximum absolute atomic E-state index is 15.4. The van der Waals surface area contributed by atoms with E-state index in [9.17, 15) is 18.8 Å². The molecule has 13 heteroatoms. The molecule has 2 aromatic rings. The molecule has 4 aliphatic heterocycles. The lowest BCUT2D eigenvalue weighted by Crippen LogP contribution is -2.54. The average Bonchev–Trinajstić information content (AvgIpc) is 3.90. The summed E-state index contributed by atoms with van der Waals surface area (Å²) in [6.45, 7) is 8.18. The Balaban J connectivity index is 1.23. The fourth-order valence-corrected chi connectivity index (χ4v) is 8.88. The number of aromatic nitrogens is 2. The van der Waals surface area contributed by atoms with Crippen molar-refractivity contribution < 1.29 is 27.9 Å². The van der Waals surface area contributed by atoms with Crippen LogP contribution in [-0.4, -0.2) is 119 Å². The number of anilines is 1. The highest BCUT2D eigenvalue weighted by molar-refractivity contribution is 5.91. The molecule has 5 aliphatic rings. The smallest absolute Gasteiger partial charge is 0.252 e. The van der Waals surface area contributed by atoms with Gasteiger partial charge in [0, 0.05) is 76.6 Å². The average molecular weight is 694 g/mol. The molecule has 1 saturated carbocycles. The van der Waals surface area contributed by atoms with Crippen molar-refractivity contribution in [1.29, 1.82) is 0 Å². The van der Waals surface area contributed by atoms with Gasteiger partial charge in [0.1, 0.15) is 23.8 Å². The zero-order chi connectivity index (χ0) is 35.0. The third-order valence-electron chi connectivity index (χ3n) is 11.7. The van der Waals surface area contributed by atoms with E-state index in [-0.39, 0.29) is 60.4 Å². The Morgan fingerprint density at radius 1 is 0.980 bits per heavy atom. The van der Waals surface area contributed by atoms with E-state index >= 15 is 4.39 Å². The summed E-state index contributed by atoms with van der Waals surface area (Å²) in [4.78, 5) is 51.1. The number of ether oxygens (including phenoxy) is 1. The minimum atomic E-state index is -0.769. The number of nitrogens with zero attached hydrogens (tertiary/aromatic N) is 6. The first-order chi connectivity index (χ1) is 24.1. The second-order valence-electron chi connectivity index (χ2n) is 15.5. The molecule has 5 fully saturated rings. The molecule has 0 radical (unpaired) electrons. The number of halogens is 2. The Labute approximate surface area is 292 Å². The van der Waals surface area contributed by atoms with Crippen LogP contribution in [0.5, 0.6) is 0 Å². The first kappa shape index (κ1) is 34.7. The zero-order valence-corrected chi connectivity index (χ0v) is 29.1. The van der Waals surface area contributed by atoms with E-state index < -0.39 is 35.6 Å². The highest BCUT2D eigenvalue weighted by Gasteiger charge is 2.51. The molecule has 0 bridgehead atoms. The first-order valence-corrected chi connectivity index (χ1v) is 18.3. The van der Waals surface area contributed by atoms with Crippen molar-refractivity contribution >= 4 is 23.5 Å². The van der Waals surface area contributed by atoms with Gasteiger partial charge in [0.05, 0.1) is 12.0 Å². The van der Waals surface area contributed by atoms with Crippen LogP contribution in [0.3, 0.4) is 0 Å². The summed E-state index contributed by atoms with van der Waals surface area (Å²) in [5, 5.41) is 11.6. The van der Waals surface area contributed by atoms with Gasteiger partial charge >= 0.3 is 0 Å². The topological polar surface area (TPSA) is 111 Å². The van der Waals surface area contributed by atoms with Gasteiger partial charge in [0.15, 0.2) is 5.82 Å². The van der Waals surface area contributed by atoms with Gasteiger partial charge in [-0.1, -0.05) is 19.9 Å². The maximum atomic E-state index is 15.4. The molecule has 0 spiro atoms. The quantitative estimate of drug-likeness (QED) is 0.471. The van der Waals surface area contributed by atoms with Crippen LogP contribution in [0.15, 0.2) is 36.5 Å². The van der Waals surface area contributed by atoms with Crippen molar-refractivity contribution in [2.24, 2.45) is 11.3 Å². The van der Waals surface area contributed by atoms with E-state index in [2.05, 4.69) is 29.4 Å². The van der Waals surface area contributed by atoms with Crippen LogP contribution in [0.4, 0.5) is 14.6 Å². The van der Waals surface area contributed by atoms with Crippen molar-refractivity contribution in [3.63, 3.8) is 0 Å². The monoisotopic (exact) mass is 693 g/mol. The van der Waals surface area contributed by atoms with Gasteiger partial charge in [-0.2, -0.15) is 5.10 Å². The molecular formula is C37H49F2N7O4. The van der Waals surface area contributed by atoms with Gasteiger partial charge in [-0.3, -0.25) is 14.4 Å². The standard InChI is InChI=1S/C37H49F2N7O4/c1-37(2)11-9-25(10-12-37)46(36(49)32-5-4-18-50-32)26-20-31(35(48)43-16-14-40-15-17-43)45(21-26)34(47)29-23-44(33-6-3-13-41-42-33)22-28(29)27-8-7-24(38)19-30(27)39/h3,6-8,13,19,25-26,28-29,31-32,40H,4-5,9-12,14-18,20-23H2,1-2H3/t26-,28-,29+,31-,32-/m0/s1. The van der Waals surface area contributed by atoms with Crippen molar-refractivity contribution in [2.75, 3.05) is 57.3 Å². The van der Waals surface area contributed by atoms with Crippen LogP contribution in [0, 0.1) is 23.0 Å². The molecule has 4 saturated heterocycles. The van der Waals surface area contributed by atoms with Crippen molar-refractivity contribution in [1.82, 2.24) is 30.2 Å². The molecule has 1 N–H and O–H groups in total. The first-order valence-electron chi connectivity index (χ1n) is 18.3. The number of nitrogens with one attached hydrogen (secondary N) is 1. The number of carbonyl (C=O) groups is 3. The number of likely N-dealkylation sites (tertiary alicyclic amines) is 1. The largest absolute Gasteiger partial charge is 0.368 e. The molecule has 0 unspecified atom stereocenters. The maximum Gasteiger partial charge on any atom is 0.252 e. The number of benzene rings is 1. The van der Waals surface area contributed by atoms with Crippen LogP contribution in [0.25, 0.3) is 0 Å². The predicted molar refractivity (Wildman–Crippen MR) is 182 cm³/mol. The molecule has 1 aromatic carbocycles. The van der Waals surface area contributed by atoms with Gasteiger partial charge in [-0.15, -0.1) is 5.10 Å². The molecule has 1 aromatic heterocycles. The molecule has 50 heavy (non-hydrogen) atoms. The lowest BCUT2D eigenvalue weighted by atomic mass is 9.75. The van der Waals surface area contributed by atoms with Gasteiger partial charge in [-0.05, 0) is 74.1 Å². The van der Waals surface area contributed by atoms with Gasteiger partial charge in [0.25, 0.3) is 5.91 Å². The van der Waals surface area contributed by atoms with Crippen molar-refractivity contribution in [2.45, 2.75) is 88.9 Å². The molecule has 7 rings (SSSR count). The fourth-order valence-electron chi connectivity index (χ4n) is 8.88. The molecule has 3 amide bonds. The number of amides is 3. The predicted octanol–water partition coefficient (Wildman–Crippen LogP) is 3.35. The van der Waals surface area contributed by atoms with Gasteiger partial charge in [-0.25, -0.2) is 8.78 Å². The summed E-state index contributed by atoms with van der Waals surface area (Å²) >= 11 is 0. The Morgan fingerprint density at radius 2 is 1.76 bits per heavy atom. The highest BCUT2D eigenvalue weighted by Crippen LogP contribution is 2.42. The zero-order valence-electron chi connectivity index (χ0n) is 29.1. The minimum Gasteiger partial charge on any atom is -0.368 e. The van der Waals surface area contributed by atoms with E-state index in [4.69, 9.17) is 4.74 Å². The third-order valence-corrected chi connectivity index (χ3v) is 11.7. The van der Waals surface area contributed by atoms with Crippen LogP contribution in [-0.2, 0) is 19.1 Å². The Morgan fingerprint density at radius 3 is 2.44 bits per heavy atom. The van der Waals surface area contributed by atoms with Crippen molar-refractivity contribution in [3.8, 4) is 0 Å². The summed E-state index contributed by atoms with van der Waals surface area (Å²) in [6, 6.07) is 5.89. The molecule has 5 atom stereocenters. The Hall–Kier alpha value is -3.71. The number of hydrogen-bond acceptors (Lipinski definition) is 8. The highest BCUT2D eigenvalue weighted by atomic mass is 19.1. The van der Waals surface area contributed by atoms with Gasteiger partial charge < -0.3 is 29.7 Å². The third kappa shape index (κ3) is 7.08. The number of carbonyl (C=O) groups excluding carboxylic acids is 3. The Bertz CT molecular complexity index is 1540. The van der Waals surface area contributed by atoms with Crippen LogP contribution >= 0.6 is 0 Å². The molecule has 270 valence electrons. The summed E-state index contributed by atoms with van der Waals surface area (Å²) in [5.41, 5.74) is 0.437. The number of piperazine rings is 1. The summed E-state index contributed by atoms with van der Waals surface area (Å²) in [6.07, 6.45) is 6.55. The molecular weight excluding hydrogens is 644 g/mol. The van der Waals surface area contributed by atoms with E-state index in [0.29, 0.717) is 51.4 Å². The number of rotatable bonds is 7. The number of hydrogen-bond donors (Lipinski definition) is 1. The van der Waals surface area contributed by atoms with Gasteiger partial charge in [0.2, 0.25) is 11.8 Å². The van der Waals surface area contributed by atoms with E-state index in [1.807, 2.05) is 14.7 Å². The second kappa shape index (κ2) is 14.5. The van der Waals surface area contributed by atoms with Crippen LogP contribution < -0.4 is 10.2 Å². The van der Waals surface area contributed by atoms with E-state index in [0.717, 1.165) is 38.2 Å². The molecule has 11 nitrogen and oxygen atoms in total. The normalized spacial score (nSPS) is 28.6. The molecule has 1 aliphatic carbocycles. The summed E-state index contributed by atoms with van der Waals surface area (Å²) < 4.78 is 35.4. The second-order valence-corrected chi connectivity index (χ2v) is 15.5. The lowest BCUT2D eigenvalue weighted by molar-refractivity contribution is -0.148.